The first-order valence-electron chi connectivity index (χ1n) is 8.77. The maximum Gasteiger partial charge on any atom is 0.191 e. The Hall–Kier alpha value is -1.55. The molecule has 1 atom stereocenters. The Bertz CT molecular complexity index is 471. The van der Waals surface area contributed by atoms with Gasteiger partial charge in [0, 0.05) is 19.2 Å². The van der Waals surface area contributed by atoms with E-state index < -0.39 is 0 Å². The van der Waals surface area contributed by atoms with Crippen molar-refractivity contribution in [2.75, 3.05) is 13.2 Å². The van der Waals surface area contributed by atoms with Gasteiger partial charge in [0.15, 0.2) is 5.96 Å². The third kappa shape index (κ3) is 7.51. The number of hydrogen-bond acceptors (Lipinski definition) is 2. The first kappa shape index (κ1) is 19.5. The van der Waals surface area contributed by atoms with E-state index in [-0.39, 0.29) is 0 Å². The third-order valence-corrected chi connectivity index (χ3v) is 3.84. The molecule has 0 spiro atoms. The van der Waals surface area contributed by atoms with Crippen molar-refractivity contribution in [2.24, 2.45) is 10.9 Å². The summed E-state index contributed by atoms with van der Waals surface area (Å²) in [7, 11) is 0. The van der Waals surface area contributed by atoms with Crippen molar-refractivity contribution in [1.82, 2.24) is 10.6 Å². The van der Waals surface area contributed by atoms with Crippen molar-refractivity contribution in [3.63, 3.8) is 0 Å². The van der Waals surface area contributed by atoms with Crippen molar-refractivity contribution in [2.45, 2.75) is 60.2 Å². The summed E-state index contributed by atoms with van der Waals surface area (Å²) >= 11 is 0. The minimum atomic E-state index is 0.385. The second-order valence-corrected chi connectivity index (χ2v) is 6.19. The maximum atomic E-state index is 5.68. The van der Waals surface area contributed by atoms with Gasteiger partial charge in [-0.3, -0.25) is 0 Å². The third-order valence-electron chi connectivity index (χ3n) is 3.84. The van der Waals surface area contributed by atoms with Gasteiger partial charge in [-0.05, 0) is 37.3 Å². The highest BCUT2D eigenvalue weighted by molar-refractivity contribution is 5.80. The molecule has 0 aromatic heterocycles. The van der Waals surface area contributed by atoms with Gasteiger partial charge in [0.2, 0.25) is 0 Å². The first-order chi connectivity index (χ1) is 11.1. The van der Waals surface area contributed by atoms with Crippen LogP contribution in [0.5, 0.6) is 0 Å². The Morgan fingerprint density at radius 3 is 2.43 bits per heavy atom. The molecular formula is C19H33N3O. The van der Waals surface area contributed by atoms with Crippen molar-refractivity contribution in [3.8, 4) is 0 Å². The minimum absolute atomic E-state index is 0.385. The number of benzene rings is 1. The lowest BCUT2D eigenvalue weighted by Gasteiger charge is -2.20. The molecule has 1 aromatic rings. The number of ether oxygens (including phenoxy) is 1. The van der Waals surface area contributed by atoms with E-state index in [0.29, 0.717) is 25.1 Å². The molecule has 1 rings (SSSR count). The summed E-state index contributed by atoms with van der Waals surface area (Å²) in [6.07, 6.45) is 1.04. The molecule has 0 bridgehead atoms. The molecule has 0 radical (unpaired) electrons. The van der Waals surface area contributed by atoms with E-state index >= 15 is 0 Å². The van der Waals surface area contributed by atoms with E-state index in [1.54, 1.807) is 0 Å². The molecule has 4 heteroatoms. The largest absolute Gasteiger partial charge is 0.377 e. The lowest BCUT2D eigenvalue weighted by Crippen LogP contribution is -2.44. The van der Waals surface area contributed by atoms with Crippen molar-refractivity contribution in [1.29, 1.82) is 0 Å². The first-order valence-corrected chi connectivity index (χ1v) is 8.77. The number of rotatable bonds is 9. The average Bonchev–Trinajstić information content (AvgIpc) is 2.54. The topological polar surface area (TPSA) is 45.6 Å². The van der Waals surface area contributed by atoms with Crippen LogP contribution >= 0.6 is 0 Å². The van der Waals surface area contributed by atoms with Gasteiger partial charge in [-0.15, -0.1) is 0 Å². The Morgan fingerprint density at radius 1 is 1.13 bits per heavy atom. The van der Waals surface area contributed by atoms with Crippen LogP contribution in [-0.2, 0) is 17.9 Å². The summed E-state index contributed by atoms with van der Waals surface area (Å²) in [5.41, 5.74) is 2.44. The van der Waals surface area contributed by atoms with Crippen molar-refractivity contribution < 1.29 is 4.74 Å². The summed E-state index contributed by atoms with van der Waals surface area (Å²) in [5.74, 6) is 1.44. The Balaban J connectivity index is 2.74. The van der Waals surface area contributed by atoms with E-state index in [0.717, 1.165) is 25.5 Å². The molecule has 0 aliphatic carbocycles. The molecule has 23 heavy (non-hydrogen) atoms. The highest BCUT2D eigenvalue weighted by Gasteiger charge is 2.09. The van der Waals surface area contributed by atoms with Gasteiger partial charge in [-0.2, -0.15) is 0 Å². The van der Waals surface area contributed by atoms with E-state index in [1.807, 2.05) is 0 Å². The zero-order valence-electron chi connectivity index (χ0n) is 15.4. The maximum absolute atomic E-state index is 5.68. The van der Waals surface area contributed by atoms with Crippen LogP contribution in [0, 0.1) is 5.92 Å². The predicted octanol–water partition coefficient (Wildman–Crippen LogP) is 3.71. The molecule has 130 valence electrons. The lowest BCUT2D eigenvalue weighted by molar-refractivity contribution is 0.121. The number of hydrogen-bond donors (Lipinski definition) is 2. The standard InChI is InChI=1S/C19H33N3O/c1-6-12-23-14-18-11-9-8-10-17(18)13-21-19(20-7-2)22-16(5)15(3)4/h8-11,15-16H,6-7,12-14H2,1-5H3,(H2,20,21,22). The van der Waals surface area contributed by atoms with E-state index in [2.05, 4.69) is 69.5 Å². The molecule has 1 unspecified atom stereocenters. The highest BCUT2D eigenvalue weighted by Crippen LogP contribution is 2.12. The lowest BCUT2D eigenvalue weighted by atomic mass is 10.1. The van der Waals surface area contributed by atoms with Crippen LogP contribution in [0.2, 0.25) is 0 Å². The van der Waals surface area contributed by atoms with Crippen LogP contribution < -0.4 is 10.6 Å². The fraction of sp³-hybridized carbons (Fsp3) is 0.632. The smallest absolute Gasteiger partial charge is 0.191 e. The molecule has 0 amide bonds. The second kappa shape index (κ2) is 11.1. The summed E-state index contributed by atoms with van der Waals surface area (Å²) in [6, 6.07) is 8.75. The van der Waals surface area contributed by atoms with Crippen LogP contribution in [0.1, 0.15) is 52.2 Å². The molecule has 2 N–H and O–H groups in total. The summed E-state index contributed by atoms with van der Waals surface area (Å²) in [5, 5.41) is 6.79. The number of guanidine groups is 1. The molecule has 4 nitrogen and oxygen atoms in total. The molecule has 0 aliphatic heterocycles. The van der Waals surface area contributed by atoms with Gasteiger partial charge in [-0.25, -0.2) is 4.99 Å². The monoisotopic (exact) mass is 319 g/mol. The summed E-state index contributed by atoms with van der Waals surface area (Å²) in [6.45, 7) is 13.8. The van der Waals surface area contributed by atoms with Gasteiger partial charge in [-0.1, -0.05) is 45.0 Å². The van der Waals surface area contributed by atoms with Gasteiger partial charge < -0.3 is 15.4 Å². The van der Waals surface area contributed by atoms with Gasteiger partial charge in [0.25, 0.3) is 0 Å². The van der Waals surface area contributed by atoms with Crippen LogP contribution in [0.25, 0.3) is 0 Å². The Labute approximate surface area is 141 Å². The normalized spacial score (nSPS) is 13.2. The SMILES string of the molecule is CCCOCc1ccccc1CN=C(NCC)NC(C)C(C)C. The molecule has 1 aromatic carbocycles. The predicted molar refractivity (Wildman–Crippen MR) is 98.6 cm³/mol. The molecular weight excluding hydrogens is 286 g/mol. The van der Waals surface area contributed by atoms with Gasteiger partial charge in [0.1, 0.15) is 0 Å². The quantitative estimate of drug-likeness (QED) is 0.414. The average molecular weight is 319 g/mol. The molecule has 0 heterocycles. The number of aliphatic imine (C=N–C) groups is 1. The van der Waals surface area contributed by atoms with Gasteiger partial charge >= 0.3 is 0 Å². The highest BCUT2D eigenvalue weighted by atomic mass is 16.5. The Morgan fingerprint density at radius 2 is 1.83 bits per heavy atom. The number of nitrogens with zero attached hydrogens (tertiary/aromatic N) is 1. The Kier molecular flexibility index (Phi) is 9.37. The van der Waals surface area contributed by atoms with Crippen molar-refractivity contribution in [3.05, 3.63) is 35.4 Å². The second-order valence-electron chi connectivity index (χ2n) is 6.19. The van der Waals surface area contributed by atoms with Gasteiger partial charge in [0.05, 0.1) is 13.2 Å². The summed E-state index contributed by atoms with van der Waals surface area (Å²) in [4.78, 5) is 4.73. The van der Waals surface area contributed by atoms with Crippen LogP contribution in [0.3, 0.4) is 0 Å². The van der Waals surface area contributed by atoms with Crippen molar-refractivity contribution >= 4 is 5.96 Å². The zero-order valence-corrected chi connectivity index (χ0v) is 15.4. The van der Waals surface area contributed by atoms with E-state index in [9.17, 15) is 0 Å². The van der Waals surface area contributed by atoms with E-state index in [4.69, 9.17) is 9.73 Å². The number of nitrogens with one attached hydrogen (secondary N) is 2. The molecule has 0 aliphatic rings. The van der Waals surface area contributed by atoms with E-state index in [1.165, 1.54) is 11.1 Å². The van der Waals surface area contributed by atoms with Crippen LogP contribution in [0.4, 0.5) is 0 Å². The zero-order chi connectivity index (χ0) is 17.1. The fourth-order valence-electron chi connectivity index (χ4n) is 2.05. The van der Waals surface area contributed by atoms with Crippen LogP contribution in [0.15, 0.2) is 29.3 Å². The molecule has 0 saturated carbocycles. The molecule has 0 fully saturated rings. The fourth-order valence-corrected chi connectivity index (χ4v) is 2.05. The minimum Gasteiger partial charge on any atom is -0.377 e. The summed E-state index contributed by atoms with van der Waals surface area (Å²) < 4.78 is 5.68. The molecule has 0 saturated heterocycles. The van der Waals surface area contributed by atoms with Crippen LogP contribution in [-0.4, -0.2) is 25.2 Å².